The van der Waals surface area contributed by atoms with Gasteiger partial charge in [-0.25, -0.2) is 0 Å². The van der Waals surface area contributed by atoms with Crippen molar-refractivity contribution >= 4 is 17.6 Å². The zero-order valence-corrected chi connectivity index (χ0v) is 8.75. The Morgan fingerprint density at radius 1 is 1.57 bits per heavy atom. The maximum absolute atomic E-state index is 11.0. The first kappa shape index (κ1) is 11.0. The third-order valence-electron chi connectivity index (χ3n) is 1.99. The van der Waals surface area contributed by atoms with Gasteiger partial charge in [-0.3, -0.25) is 4.79 Å². The summed E-state index contributed by atoms with van der Waals surface area (Å²) in [6, 6.07) is 7.21. The average molecular weight is 215 g/mol. The molecule has 0 aromatic heterocycles. The topological polar surface area (TPSA) is 53.9 Å². The number of methoxy groups -OCH3 is 1. The lowest BCUT2D eigenvalue weighted by Gasteiger charge is -2.08. The molecule has 14 heavy (non-hydrogen) atoms. The van der Waals surface area contributed by atoms with E-state index in [2.05, 4.69) is 10.5 Å². The Kier molecular flexibility index (Phi) is 3.92. The molecule has 1 aromatic rings. The standard InChI is InChI=1S/C10H12ClNO2/c1-14-10(13)6-9(12)7-4-2-3-5-8(7)11/h2-5,9H,6,12H2,1H3/p+1/t9-/m1/s1. The van der Waals surface area contributed by atoms with E-state index in [1.165, 1.54) is 7.11 Å². The fourth-order valence-electron chi connectivity index (χ4n) is 1.20. The van der Waals surface area contributed by atoms with E-state index in [0.717, 1.165) is 5.56 Å². The van der Waals surface area contributed by atoms with E-state index in [1.807, 2.05) is 18.2 Å². The van der Waals surface area contributed by atoms with Crippen LogP contribution >= 0.6 is 11.6 Å². The molecule has 0 unspecified atom stereocenters. The summed E-state index contributed by atoms with van der Waals surface area (Å²) in [7, 11) is 1.36. The van der Waals surface area contributed by atoms with Crippen LogP contribution in [0.2, 0.25) is 5.02 Å². The van der Waals surface area contributed by atoms with Crippen molar-refractivity contribution in [3.05, 3.63) is 34.9 Å². The molecule has 0 fully saturated rings. The summed E-state index contributed by atoms with van der Waals surface area (Å²) < 4.78 is 4.56. The van der Waals surface area contributed by atoms with Crippen molar-refractivity contribution in [2.24, 2.45) is 0 Å². The smallest absolute Gasteiger partial charge is 0.311 e. The van der Waals surface area contributed by atoms with Gasteiger partial charge in [-0.05, 0) is 6.07 Å². The Bertz CT molecular complexity index is 328. The van der Waals surface area contributed by atoms with Gasteiger partial charge in [0.1, 0.15) is 12.5 Å². The van der Waals surface area contributed by atoms with Crippen LogP contribution in [0.4, 0.5) is 0 Å². The van der Waals surface area contributed by atoms with Gasteiger partial charge in [-0.2, -0.15) is 0 Å². The van der Waals surface area contributed by atoms with Crippen LogP contribution < -0.4 is 5.73 Å². The van der Waals surface area contributed by atoms with Gasteiger partial charge in [0.05, 0.1) is 7.11 Å². The summed E-state index contributed by atoms with van der Waals surface area (Å²) in [5.74, 6) is -0.273. The van der Waals surface area contributed by atoms with Gasteiger partial charge in [0, 0.05) is 10.6 Å². The molecule has 0 spiro atoms. The third-order valence-corrected chi connectivity index (χ3v) is 2.33. The number of esters is 1. The predicted molar refractivity (Wildman–Crippen MR) is 53.7 cm³/mol. The van der Waals surface area contributed by atoms with Gasteiger partial charge in [-0.15, -0.1) is 0 Å². The summed E-state index contributed by atoms with van der Waals surface area (Å²) >= 11 is 5.95. The number of hydrogen-bond acceptors (Lipinski definition) is 2. The van der Waals surface area contributed by atoms with E-state index in [0.29, 0.717) is 5.02 Å². The summed E-state index contributed by atoms with van der Waals surface area (Å²) in [6.45, 7) is 0. The third kappa shape index (κ3) is 2.72. The predicted octanol–water partition coefficient (Wildman–Crippen LogP) is 1.19. The Hall–Kier alpha value is -1.06. The molecule has 0 bridgehead atoms. The van der Waals surface area contributed by atoms with Crippen LogP contribution in [0.15, 0.2) is 24.3 Å². The van der Waals surface area contributed by atoms with E-state index in [-0.39, 0.29) is 18.4 Å². The molecule has 76 valence electrons. The van der Waals surface area contributed by atoms with Crippen LogP contribution in [0.1, 0.15) is 18.0 Å². The number of quaternary nitrogens is 1. The molecule has 3 N–H and O–H groups in total. The Morgan fingerprint density at radius 2 is 2.21 bits per heavy atom. The lowest BCUT2D eigenvalue weighted by Crippen LogP contribution is -2.54. The fraction of sp³-hybridized carbons (Fsp3) is 0.300. The molecule has 0 aliphatic carbocycles. The maximum Gasteiger partial charge on any atom is 0.311 e. The van der Waals surface area contributed by atoms with Crippen LogP contribution in [-0.4, -0.2) is 13.1 Å². The van der Waals surface area contributed by atoms with Crippen molar-refractivity contribution in [3.8, 4) is 0 Å². The first-order valence-electron chi connectivity index (χ1n) is 4.29. The zero-order valence-electron chi connectivity index (χ0n) is 8.00. The second-order valence-corrected chi connectivity index (χ2v) is 3.41. The van der Waals surface area contributed by atoms with E-state index in [9.17, 15) is 4.79 Å². The zero-order chi connectivity index (χ0) is 10.6. The summed E-state index contributed by atoms with van der Waals surface area (Å²) in [6.07, 6.45) is 0.250. The molecule has 0 saturated carbocycles. The lowest BCUT2D eigenvalue weighted by atomic mass is 10.1. The SMILES string of the molecule is COC(=O)C[C@@H]([NH3+])c1ccccc1Cl. The molecule has 4 heteroatoms. The van der Waals surface area contributed by atoms with Gasteiger partial charge in [0.2, 0.25) is 0 Å². The summed E-state index contributed by atoms with van der Waals surface area (Å²) in [5, 5.41) is 0.636. The summed E-state index contributed by atoms with van der Waals surface area (Å²) in [4.78, 5) is 11.0. The van der Waals surface area contributed by atoms with Gasteiger partial charge in [0.15, 0.2) is 0 Å². The summed E-state index contributed by atoms with van der Waals surface area (Å²) in [5.41, 5.74) is 4.75. The number of carbonyl (C=O) groups is 1. The van der Waals surface area contributed by atoms with Gasteiger partial charge in [0.25, 0.3) is 0 Å². The van der Waals surface area contributed by atoms with Gasteiger partial charge < -0.3 is 10.5 Å². The lowest BCUT2D eigenvalue weighted by molar-refractivity contribution is -0.425. The fourth-order valence-corrected chi connectivity index (χ4v) is 1.49. The normalized spacial score (nSPS) is 12.2. The average Bonchev–Trinajstić information content (AvgIpc) is 2.18. The van der Waals surface area contributed by atoms with Crippen molar-refractivity contribution in [1.29, 1.82) is 0 Å². The monoisotopic (exact) mass is 214 g/mol. The number of ether oxygens (including phenoxy) is 1. The molecule has 1 rings (SSSR count). The highest BCUT2D eigenvalue weighted by molar-refractivity contribution is 6.31. The Labute approximate surface area is 87.8 Å². The second-order valence-electron chi connectivity index (χ2n) is 3.00. The molecular weight excluding hydrogens is 202 g/mol. The van der Waals surface area contributed by atoms with Crippen molar-refractivity contribution in [2.75, 3.05) is 7.11 Å². The van der Waals surface area contributed by atoms with Crippen LogP contribution in [0.25, 0.3) is 0 Å². The molecule has 0 radical (unpaired) electrons. The van der Waals surface area contributed by atoms with Crippen molar-refractivity contribution in [1.82, 2.24) is 0 Å². The number of carbonyl (C=O) groups excluding carboxylic acids is 1. The molecule has 1 aromatic carbocycles. The van der Waals surface area contributed by atoms with Crippen molar-refractivity contribution < 1.29 is 15.3 Å². The van der Waals surface area contributed by atoms with E-state index in [4.69, 9.17) is 11.6 Å². The Morgan fingerprint density at radius 3 is 2.79 bits per heavy atom. The number of rotatable bonds is 3. The highest BCUT2D eigenvalue weighted by atomic mass is 35.5. The largest absolute Gasteiger partial charge is 0.469 e. The molecule has 0 aliphatic rings. The highest BCUT2D eigenvalue weighted by Crippen LogP contribution is 2.21. The first-order chi connectivity index (χ1) is 6.65. The molecular formula is C10H13ClNO2+. The number of halogens is 1. The number of hydrogen-bond donors (Lipinski definition) is 1. The van der Waals surface area contributed by atoms with Crippen LogP contribution in [0, 0.1) is 0 Å². The quantitative estimate of drug-likeness (QED) is 0.769. The first-order valence-corrected chi connectivity index (χ1v) is 4.67. The van der Waals surface area contributed by atoms with E-state index >= 15 is 0 Å². The van der Waals surface area contributed by atoms with E-state index < -0.39 is 0 Å². The van der Waals surface area contributed by atoms with Crippen LogP contribution in [0.3, 0.4) is 0 Å². The molecule has 1 atom stereocenters. The second kappa shape index (κ2) is 4.98. The van der Waals surface area contributed by atoms with E-state index in [1.54, 1.807) is 6.07 Å². The molecule has 0 saturated heterocycles. The van der Waals surface area contributed by atoms with Crippen molar-refractivity contribution in [2.45, 2.75) is 12.5 Å². The van der Waals surface area contributed by atoms with Gasteiger partial charge in [-0.1, -0.05) is 29.8 Å². The van der Waals surface area contributed by atoms with Crippen LogP contribution in [-0.2, 0) is 9.53 Å². The molecule has 0 aliphatic heterocycles. The minimum absolute atomic E-state index is 0.156. The maximum atomic E-state index is 11.0. The minimum atomic E-state index is -0.273. The highest BCUT2D eigenvalue weighted by Gasteiger charge is 2.17. The molecule has 3 nitrogen and oxygen atoms in total. The van der Waals surface area contributed by atoms with Crippen molar-refractivity contribution in [3.63, 3.8) is 0 Å². The Balaban J connectivity index is 2.74. The molecule has 0 amide bonds. The minimum Gasteiger partial charge on any atom is -0.469 e. The van der Waals surface area contributed by atoms with Crippen LogP contribution in [0.5, 0.6) is 0 Å². The van der Waals surface area contributed by atoms with Gasteiger partial charge >= 0.3 is 5.97 Å². The molecule has 0 heterocycles. The number of benzene rings is 1.